The number of para-hydroxylation sites is 1. The normalized spacial score (nSPS) is 10.1. The van der Waals surface area contributed by atoms with Crippen molar-refractivity contribution in [2.24, 2.45) is 0 Å². The van der Waals surface area contributed by atoms with E-state index in [2.05, 4.69) is 11.4 Å². The Labute approximate surface area is 131 Å². The average Bonchev–Trinajstić information content (AvgIpc) is 2.54. The molecule has 0 atom stereocenters. The number of aryl methyl sites for hydroxylation is 1. The van der Waals surface area contributed by atoms with Gasteiger partial charge in [0.2, 0.25) is 0 Å². The van der Waals surface area contributed by atoms with E-state index in [9.17, 15) is 4.79 Å². The molecule has 0 aliphatic rings. The summed E-state index contributed by atoms with van der Waals surface area (Å²) in [5, 5.41) is 2.85. The predicted octanol–water partition coefficient (Wildman–Crippen LogP) is 2.74. The molecule has 0 saturated carbocycles. The highest BCUT2D eigenvalue weighted by Gasteiger charge is 2.05. The summed E-state index contributed by atoms with van der Waals surface area (Å²) in [6, 6.07) is 15.3. The zero-order chi connectivity index (χ0) is 15.8. The number of amides is 1. The lowest BCUT2D eigenvalue weighted by Gasteiger charge is -2.11. The Hall–Kier alpha value is -2.49. The zero-order valence-corrected chi connectivity index (χ0v) is 13.0. The van der Waals surface area contributed by atoms with Crippen LogP contribution < -0.4 is 14.8 Å². The molecule has 1 amide bonds. The monoisotopic (exact) mass is 299 g/mol. The van der Waals surface area contributed by atoms with E-state index < -0.39 is 0 Å². The molecule has 0 saturated heterocycles. The maximum atomic E-state index is 11.8. The van der Waals surface area contributed by atoms with Crippen molar-refractivity contribution in [1.29, 1.82) is 0 Å². The summed E-state index contributed by atoms with van der Waals surface area (Å²) >= 11 is 0. The third-order valence-corrected chi connectivity index (χ3v) is 3.27. The maximum absolute atomic E-state index is 11.8. The number of hydrogen-bond donors (Lipinski definition) is 1. The van der Waals surface area contributed by atoms with Crippen molar-refractivity contribution in [3.8, 4) is 11.5 Å². The quantitative estimate of drug-likeness (QED) is 0.855. The van der Waals surface area contributed by atoms with E-state index in [0.717, 1.165) is 17.7 Å². The minimum absolute atomic E-state index is 0.0228. The van der Waals surface area contributed by atoms with E-state index in [-0.39, 0.29) is 12.5 Å². The highest BCUT2D eigenvalue weighted by molar-refractivity contribution is 5.77. The summed E-state index contributed by atoms with van der Waals surface area (Å²) in [7, 11) is 1.65. The van der Waals surface area contributed by atoms with Gasteiger partial charge in [-0.1, -0.05) is 35.9 Å². The van der Waals surface area contributed by atoms with Crippen LogP contribution in [0.25, 0.3) is 0 Å². The summed E-state index contributed by atoms with van der Waals surface area (Å²) in [4.78, 5) is 11.8. The van der Waals surface area contributed by atoms with Gasteiger partial charge in [0, 0.05) is 6.54 Å². The number of carbonyl (C=O) groups excluding carboxylic acids is 1. The van der Waals surface area contributed by atoms with Gasteiger partial charge in [0.1, 0.15) is 11.5 Å². The van der Waals surface area contributed by atoms with Crippen LogP contribution in [0.3, 0.4) is 0 Å². The van der Waals surface area contributed by atoms with Gasteiger partial charge in [-0.3, -0.25) is 4.79 Å². The molecule has 0 spiro atoms. The summed E-state index contributed by atoms with van der Waals surface area (Å²) in [5.74, 6) is 1.41. The molecule has 0 aromatic heterocycles. The number of nitrogens with one attached hydrogen (secondary N) is 1. The maximum Gasteiger partial charge on any atom is 0.257 e. The largest absolute Gasteiger partial charge is 0.496 e. The van der Waals surface area contributed by atoms with Gasteiger partial charge in [0.05, 0.1) is 7.11 Å². The van der Waals surface area contributed by atoms with Gasteiger partial charge >= 0.3 is 0 Å². The van der Waals surface area contributed by atoms with Crippen LogP contribution in [0.15, 0.2) is 48.5 Å². The molecule has 22 heavy (non-hydrogen) atoms. The van der Waals surface area contributed by atoms with Gasteiger partial charge < -0.3 is 14.8 Å². The van der Waals surface area contributed by atoms with Crippen molar-refractivity contribution in [2.75, 3.05) is 20.3 Å². The lowest BCUT2D eigenvalue weighted by atomic mass is 10.1. The van der Waals surface area contributed by atoms with Crippen LogP contribution >= 0.6 is 0 Å². The summed E-state index contributed by atoms with van der Waals surface area (Å²) in [5.41, 5.74) is 2.27. The second kappa shape index (κ2) is 8.08. The Morgan fingerprint density at radius 2 is 1.91 bits per heavy atom. The van der Waals surface area contributed by atoms with Crippen molar-refractivity contribution < 1.29 is 14.3 Å². The summed E-state index contributed by atoms with van der Waals surface area (Å²) < 4.78 is 10.7. The lowest BCUT2D eigenvalue weighted by molar-refractivity contribution is -0.123. The fourth-order valence-corrected chi connectivity index (χ4v) is 2.16. The molecular formula is C18H21NO3. The highest BCUT2D eigenvalue weighted by atomic mass is 16.5. The average molecular weight is 299 g/mol. The smallest absolute Gasteiger partial charge is 0.257 e. The molecule has 2 rings (SSSR count). The van der Waals surface area contributed by atoms with Crippen LogP contribution in [0.2, 0.25) is 0 Å². The molecule has 4 heteroatoms. The minimum Gasteiger partial charge on any atom is -0.496 e. The van der Waals surface area contributed by atoms with E-state index in [0.29, 0.717) is 12.3 Å². The standard InChI is InChI=1S/C18H21NO3/c1-14-8-9-17(21-2)15(12-14)10-11-19-18(20)13-22-16-6-4-3-5-7-16/h3-9,12H,10-11,13H2,1-2H3,(H,19,20). The highest BCUT2D eigenvalue weighted by Crippen LogP contribution is 2.19. The Kier molecular flexibility index (Phi) is 5.83. The molecule has 0 radical (unpaired) electrons. The predicted molar refractivity (Wildman–Crippen MR) is 86.4 cm³/mol. The molecule has 1 N–H and O–H groups in total. The Balaban J connectivity index is 1.76. The van der Waals surface area contributed by atoms with Crippen LogP contribution in [0.4, 0.5) is 0 Å². The fraction of sp³-hybridized carbons (Fsp3) is 0.278. The number of benzene rings is 2. The van der Waals surface area contributed by atoms with E-state index >= 15 is 0 Å². The molecule has 0 aliphatic heterocycles. The molecule has 0 unspecified atom stereocenters. The fourth-order valence-electron chi connectivity index (χ4n) is 2.16. The Morgan fingerprint density at radius 1 is 1.14 bits per heavy atom. The first-order chi connectivity index (χ1) is 10.7. The van der Waals surface area contributed by atoms with Crippen LogP contribution in [-0.4, -0.2) is 26.2 Å². The molecule has 0 fully saturated rings. The van der Waals surface area contributed by atoms with Crippen molar-refractivity contribution in [2.45, 2.75) is 13.3 Å². The van der Waals surface area contributed by atoms with Gasteiger partial charge in [-0.2, -0.15) is 0 Å². The minimum atomic E-state index is -0.129. The number of ether oxygens (including phenoxy) is 2. The van der Waals surface area contributed by atoms with Crippen LogP contribution in [-0.2, 0) is 11.2 Å². The van der Waals surface area contributed by atoms with E-state index in [1.807, 2.05) is 49.4 Å². The first-order valence-electron chi connectivity index (χ1n) is 7.27. The third-order valence-electron chi connectivity index (χ3n) is 3.27. The van der Waals surface area contributed by atoms with Crippen LogP contribution in [0, 0.1) is 6.92 Å². The molecule has 0 aliphatic carbocycles. The van der Waals surface area contributed by atoms with Crippen molar-refractivity contribution in [3.05, 3.63) is 59.7 Å². The Morgan fingerprint density at radius 3 is 2.64 bits per heavy atom. The second-order valence-corrected chi connectivity index (χ2v) is 5.02. The van der Waals surface area contributed by atoms with Crippen LogP contribution in [0.1, 0.15) is 11.1 Å². The zero-order valence-electron chi connectivity index (χ0n) is 13.0. The van der Waals surface area contributed by atoms with Gasteiger partial charge in [-0.15, -0.1) is 0 Å². The van der Waals surface area contributed by atoms with Gasteiger partial charge in [0.25, 0.3) is 5.91 Å². The Bertz CT molecular complexity index is 611. The molecule has 2 aromatic rings. The van der Waals surface area contributed by atoms with E-state index in [1.165, 1.54) is 5.56 Å². The number of rotatable bonds is 7. The topological polar surface area (TPSA) is 47.6 Å². The number of hydrogen-bond acceptors (Lipinski definition) is 3. The first kappa shape index (κ1) is 15.9. The number of methoxy groups -OCH3 is 1. The van der Waals surface area contributed by atoms with Crippen LogP contribution in [0.5, 0.6) is 11.5 Å². The van der Waals surface area contributed by atoms with Crippen molar-refractivity contribution in [1.82, 2.24) is 5.32 Å². The van der Waals surface area contributed by atoms with Crippen molar-refractivity contribution >= 4 is 5.91 Å². The molecule has 0 bridgehead atoms. The lowest BCUT2D eigenvalue weighted by Crippen LogP contribution is -2.30. The first-order valence-corrected chi connectivity index (χ1v) is 7.27. The second-order valence-electron chi connectivity index (χ2n) is 5.02. The van der Waals surface area contributed by atoms with Gasteiger partial charge in [-0.05, 0) is 37.1 Å². The van der Waals surface area contributed by atoms with Crippen molar-refractivity contribution in [3.63, 3.8) is 0 Å². The molecular weight excluding hydrogens is 278 g/mol. The van der Waals surface area contributed by atoms with E-state index in [1.54, 1.807) is 7.11 Å². The summed E-state index contributed by atoms with van der Waals surface area (Å²) in [6.07, 6.45) is 0.724. The SMILES string of the molecule is COc1ccc(C)cc1CCNC(=O)COc1ccccc1. The van der Waals surface area contributed by atoms with Gasteiger partial charge in [0.15, 0.2) is 6.61 Å². The number of carbonyl (C=O) groups is 1. The molecule has 0 heterocycles. The molecule has 116 valence electrons. The van der Waals surface area contributed by atoms with E-state index in [4.69, 9.17) is 9.47 Å². The molecule has 2 aromatic carbocycles. The summed E-state index contributed by atoms with van der Waals surface area (Å²) in [6.45, 7) is 2.61. The third kappa shape index (κ3) is 4.81. The van der Waals surface area contributed by atoms with Gasteiger partial charge in [-0.25, -0.2) is 0 Å². The molecule has 4 nitrogen and oxygen atoms in total.